The molecule has 2 rings (SSSR count). The molecule has 0 saturated heterocycles. The Hall–Kier alpha value is -1.22. The smallest absolute Gasteiger partial charge is 0.0540 e. The molecule has 0 radical (unpaired) electrons. The molecule has 0 aliphatic heterocycles. The van der Waals surface area contributed by atoms with Crippen LogP contribution in [-0.4, -0.2) is 17.8 Å². The van der Waals surface area contributed by atoms with Crippen molar-refractivity contribution in [2.24, 2.45) is 5.92 Å². The van der Waals surface area contributed by atoms with Crippen molar-refractivity contribution in [2.45, 2.75) is 31.8 Å². The Morgan fingerprint density at radius 1 is 1.25 bits per heavy atom. The van der Waals surface area contributed by atoms with Crippen molar-refractivity contribution >= 4 is 11.4 Å². The molecule has 3 heteroatoms. The van der Waals surface area contributed by atoms with Gasteiger partial charge < -0.3 is 16.2 Å². The highest BCUT2D eigenvalue weighted by atomic mass is 16.3. The molecule has 0 bridgehead atoms. The van der Waals surface area contributed by atoms with Crippen LogP contribution < -0.4 is 11.1 Å². The van der Waals surface area contributed by atoms with Gasteiger partial charge in [0.15, 0.2) is 0 Å². The molecule has 1 aromatic carbocycles. The van der Waals surface area contributed by atoms with E-state index >= 15 is 0 Å². The van der Waals surface area contributed by atoms with Crippen LogP contribution in [0.1, 0.15) is 25.7 Å². The summed E-state index contributed by atoms with van der Waals surface area (Å²) in [5.74, 6) is 0.685. The van der Waals surface area contributed by atoms with Gasteiger partial charge in [0.25, 0.3) is 0 Å². The maximum Gasteiger partial charge on any atom is 0.0540 e. The largest absolute Gasteiger partial charge is 0.399 e. The fourth-order valence-electron chi connectivity index (χ4n) is 2.26. The molecule has 16 heavy (non-hydrogen) atoms. The van der Waals surface area contributed by atoms with Crippen LogP contribution in [-0.2, 0) is 0 Å². The zero-order valence-electron chi connectivity index (χ0n) is 9.52. The molecular formula is C13H20N2O. The zero-order valence-corrected chi connectivity index (χ0v) is 9.52. The molecule has 3 nitrogen and oxygen atoms in total. The van der Waals surface area contributed by atoms with Gasteiger partial charge in [-0.1, -0.05) is 6.07 Å². The molecule has 4 N–H and O–H groups in total. The minimum absolute atomic E-state index is 0.0661. The summed E-state index contributed by atoms with van der Waals surface area (Å²) in [7, 11) is 0. The SMILES string of the molecule is Nc1cccc(NCC2CCC(O)CC2)c1. The molecule has 1 aliphatic rings. The Kier molecular flexibility index (Phi) is 3.67. The number of rotatable bonds is 3. The van der Waals surface area contributed by atoms with Gasteiger partial charge in [-0.15, -0.1) is 0 Å². The van der Waals surface area contributed by atoms with E-state index in [9.17, 15) is 5.11 Å². The third kappa shape index (κ3) is 3.14. The summed E-state index contributed by atoms with van der Waals surface area (Å²) in [5.41, 5.74) is 7.60. The van der Waals surface area contributed by atoms with Gasteiger partial charge in [0.05, 0.1) is 6.10 Å². The van der Waals surface area contributed by atoms with E-state index < -0.39 is 0 Å². The first kappa shape index (κ1) is 11.3. The molecule has 0 amide bonds. The Balaban J connectivity index is 1.79. The molecule has 1 aliphatic carbocycles. The number of nitrogens with one attached hydrogen (secondary N) is 1. The molecule has 0 heterocycles. The van der Waals surface area contributed by atoms with E-state index in [0.717, 1.165) is 43.6 Å². The molecule has 0 aromatic heterocycles. The van der Waals surface area contributed by atoms with Crippen LogP contribution in [0, 0.1) is 5.92 Å². The van der Waals surface area contributed by atoms with Crippen LogP contribution in [0.2, 0.25) is 0 Å². The highest BCUT2D eigenvalue weighted by Crippen LogP contribution is 2.24. The van der Waals surface area contributed by atoms with E-state index in [0.29, 0.717) is 5.92 Å². The molecule has 0 atom stereocenters. The maximum atomic E-state index is 9.41. The predicted molar refractivity (Wildman–Crippen MR) is 67.3 cm³/mol. The third-order valence-electron chi connectivity index (χ3n) is 3.30. The molecule has 0 unspecified atom stereocenters. The van der Waals surface area contributed by atoms with Gasteiger partial charge in [0.2, 0.25) is 0 Å². The summed E-state index contributed by atoms with van der Waals surface area (Å²) >= 11 is 0. The third-order valence-corrected chi connectivity index (χ3v) is 3.30. The summed E-state index contributed by atoms with van der Waals surface area (Å²) in [6.07, 6.45) is 4.07. The second-order valence-corrected chi connectivity index (χ2v) is 4.68. The summed E-state index contributed by atoms with van der Waals surface area (Å²) in [6.45, 7) is 0.982. The predicted octanol–water partition coefficient (Wildman–Crippen LogP) is 2.23. The fraction of sp³-hybridized carbons (Fsp3) is 0.538. The highest BCUT2D eigenvalue weighted by molar-refractivity contribution is 5.54. The average Bonchev–Trinajstić information content (AvgIpc) is 2.28. The minimum Gasteiger partial charge on any atom is -0.399 e. The van der Waals surface area contributed by atoms with E-state index in [1.54, 1.807) is 0 Å². The van der Waals surface area contributed by atoms with Gasteiger partial charge in [-0.3, -0.25) is 0 Å². The van der Waals surface area contributed by atoms with E-state index in [1.807, 2.05) is 24.3 Å². The van der Waals surface area contributed by atoms with Gasteiger partial charge >= 0.3 is 0 Å². The van der Waals surface area contributed by atoms with Gasteiger partial charge in [-0.05, 0) is 49.8 Å². The first-order valence-corrected chi connectivity index (χ1v) is 6.01. The second-order valence-electron chi connectivity index (χ2n) is 4.68. The summed E-state index contributed by atoms with van der Waals surface area (Å²) in [6, 6.07) is 7.84. The summed E-state index contributed by atoms with van der Waals surface area (Å²) < 4.78 is 0. The van der Waals surface area contributed by atoms with Crippen molar-refractivity contribution in [1.82, 2.24) is 0 Å². The van der Waals surface area contributed by atoms with Crippen molar-refractivity contribution in [3.8, 4) is 0 Å². The first-order chi connectivity index (χ1) is 7.74. The number of anilines is 2. The Morgan fingerprint density at radius 3 is 2.69 bits per heavy atom. The van der Waals surface area contributed by atoms with Crippen molar-refractivity contribution in [2.75, 3.05) is 17.6 Å². The summed E-state index contributed by atoms with van der Waals surface area (Å²) in [4.78, 5) is 0. The Labute approximate surface area is 96.7 Å². The maximum absolute atomic E-state index is 9.41. The lowest BCUT2D eigenvalue weighted by molar-refractivity contribution is 0.111. The van der Waals surface area contributed by atoms with Gasteiger partial charge in [-0.25, -0.2) is 0 Å². The number of aliphatic hydroxyl groups is 1. The Bertz CT molecular complexity index is 332. The lowest BCUT2D eigenvalue weighted by Crippen LogP contribution is -2.23. The van der Waals surface area contributed by atoms with Crippen LogP contribution in [0.5, 0.6) is 0 Å². The number of hydrogen-bond donors (Lipinski definition) is 3. The number of hydrogen-bond acceptors (Lipinski definition) is 3. The molecule has 0 spiro atoms. The zero-order chi connectivity index (χ0) is 11.4. The monoisotopic (exact) mass is 220 g/mol. The van der Waals surface area contributed by atoms with Crippen molar-refractivity contribution in [3.05, 3.63) is 24.3 Å². The lowest BCUT2D eigenvalue weighted by Gasteiger charge is -2.25. The average molecular weight is 220 g/mol. The van der Waals surface area contributed by atoms with Gasteiger partial charge in [0, 0.05) is 17.9 Å². The van der Waals surface area contributed by atoms with Crippen LogP contribution in [0.25, 0.3) is 0 Å². The van der Waals surface area contributed by atoms with E-state index in [-0.39, 0.29) is 6.10 Å². The quantitative estimate of drug-likeness (QED) is 0.685. The lowest BCUT2D eigenvalue weighted by atomic mass is 9.87. The van der Waals surface area contributed by atoms with Crippen LogP contribution in [0.4, 0.5) is 11.4 Å². The topological polar surface area (TPSA) is 58.3 Å². The summed E-state index contributed by atoms with van der Waals surface area (Å²) in [5, 5.41) is 12.8. The Morgan fingerprint density at radius 2 is 2.00 bits per heavy atom. The highest BCUT2D eigenvalue weighted by Gasteiger charge is 2.18. The first-order valence-electron chi connectivity index (χ1n) is 6.01. The van der Waals surface area contributed by atoms with Crippen LogP contribution >= 0.6 is 0 Å². The van der Waals surface area contributed by atoms with Crippen LogP contribution in [0.15, 0.2) is 24.3 Å². The number of nitrogen functional groups attached to an aromatic ring is 1. The molecular weight excluding hydrogens is 200 g/mol. The second kappa shape index (κ2) is 5.21. The molecule has 1 saturated carbocycles. The van der Waals surface area contributed by atoms with Gasteiger partial charge in [0.1, 0.15) is 0 Å². The van der Waals surface area contributed by atoms with Crippen molar-refractivity contribution in [1.29, 1.82) is 0 Å². The van der Waals surface area contributed by atoms with Crippen LogP contribution in [0.3, 0.4) is 0 Å². The molecule has 88 valence electrons. The van der Waals surface area contributed by atoms with E-state index in [1.165, 1.54) is 0 Å². The minimum atomic E-state index is -0.0661. The van der Waals surface area contributed by atoms with Gasteiger partial charge in [-0.2, -0.15) is 0 Å². The van der Waals surface area contributed by atoms with Crippen molar-refractivity contribution < 1.29 is 5.11 Å². The standard InChI is InChI=1S/C13H20N2O/c14-11-2-1-3-12(8-11)15-9-10-4-6-13(16)7-5-10/h1-3,8,10,13,15-16H,4-7,9,14H2. The molecule has 1 fully saturated rings. The van der Waals surface area contributed by atoms with Crippen molar-refractivity contribution in [3.63, 3.8) is 0 Å². The number of nitrogens with two attached hydrogens (primary N) is 1. The molecule has 1 aromatic rings. The number of aliphatic hydroxyl groups excluding tert-OH is 1. The van der Waals surface area contributed by atoms with E-state index in [2.05, 4.69) is 5.32 Å². The fourth-order valence-corrected chi connectivity index (χ4v) is 2.26. The van der Waals surface area contributed by atoms with E-state index in [4.69, 9.17) is 5.73 Å². The number of benzene rings is 1. The normalized spacial score (nSPS) is 25.3.